The van der Waals surface area contributed by atoms with Crippen LogP contribution in [0.3, 0.4) is 0 Å². The summed E-state index contributed by atoms with van der Waals surface area (Å²) in [5, 5.41) is 0. The van der Waals surface area contributed by atoms with Crippen molar-refractivity contribution >= 4 is 5.91 Å². The quantitative estimate of drug-likeness (QED) is 0.762. The molecular weight excluding hydrogens is 228 g/mol. The number of hydrogen-bond donors (Lipinski definition) is 0. The summed E-state index contributed by atoms with van der Waals surface area (Å²) in [7, 11) is 0. The van der Waals surface area contributed by atoms with E-state index in [1.807, 2.05) is 24.0 Å². The van der Waals surface area contributed by atoms with Gasteiger partial charge in [-0.1, -0.05) is 6.58 Å². The van der Waals surface area contributed by atoms with E-state index in [1.54, 1.807) is 6.20 Å². The van der Waals surface area contributed by atoms with Crippen molar-refractivity contribution in [1.82, 2.24) is 9.88 Å². The predicted octanol–water partition coefficient (Wildman–Crippen LogP) is 1.95. The number of pyridine rings is 1. The lowest BCUT2D eigenvalue weighted by Gasteiger charge is -2.23. The number of hydrogen-bond acceptors (Lipinski definition) is 3. The van der Waals surface area contributed by atoms with Crippen LogP contribution in [-0.4, -0.2) is 35.0 Å². The highest BCUT2D eigenvalue weighted by molar-refractivity contribution is 5.87. The number of rotatable bonds is 4. The highest BCUT2D eigenvalue weighted by Gasteiger charge is 2.27. The smallest absolute Gasteiger partial charge is 0.246 e. The van der Waals surface area contributed by atoms with Gasteiger partial charge in [-0.05, 0) is 38.0 Å². The SMILES string of the molecule is C=CC(=O)N1CCC[C@H]1COc1cccnc1C. The maximum Gasteiger partial charge on any atom is 0.246 e. The van der Waals surface area contributed by atoms with Crippen LogP contribution >= 0.6 is 0 Å². The van der Waals surface area contributed by atoms with E-state index in [9.17, 15) is 4.79 Å². The van der Waals surface area contributed by atoms with Gasteiger partial charge in [0.25, 0.3) is 0 Å². The lowest BCUT2D eigenvalue weighted by atomic mass is 10.2. The Balaban J connectivity index is 1.96. The molecule has 4 heteroatoms. The van der Waals surface area contributed by atoms with Gasteiger partial charge in [-0.25, -0.2) is 0 Å². The monoisotopic (exact) mass is 246 g/mol. The van der Waals surface area contributed by atoms with Crippen LogP contribution in [0.2, 0.25) is 0 Å². The van der Waals surface area contributed by atoms with E-state index in [0.717, 1.165) is 30.8 Å². The van der Waals surface area contributed by atoms with Gasteiger partial charge >= 0.3 is 0 Å². The second-order valence-corrected chi connectivity index (χ2v) is 4.43. The van der Waals surface area contributed by atoms with Gasteiger partial charge in [-0.3, -0.25) is 9.78 Å². The largest absolute Gasteiger partial charge is 0.490 e. The first-order valence-corrected chi connectivity index (χ1v) is 6.20. The first-order valence-electron chi connectivity index (χ1n) is 6.20. The number of carbonyl (C=O) groups is 1. The molecule has 1 atom stereocenters. The van der Waals surface area contributed by atoms with Crippen molar-refractivity contribution in [3.8, 4) is 5.75 Å². The molecule has 4 nitrogen and oxygen atoms in total. The Morgan fingerprint density at radius 2 is 2.56 bits per heavy atom. The van der Waals surface area contributed by atoms with Gasteiger partial charge in [0, 0.05) is 12.7 Å². The predicted molar refractivity (Wildman–Crippen MR) is 69.4 cm³/mol. The molecule has 1 aliphatic rings. The third-order valence-electron chi connectivity index (χ3n) is 3.22. The topological polar surface area (TPSA) is 42.4 Å². The minimum atomic E-state index is -0.0102. The second kappa shape index (κ2) is 5.67. The zero-order valence-corrected chi connectivity index (χ0v) is 10.6. The molecule has 1 amide bonds. The van der Waals surface area contributed by atoms with Crippen molar-refractivity contribution in [3.05, 3.63) is 36.7 Å². The van der Waals surface area contributed by atoms with E-state index in [2.05, 4.69) is 11.6 Å². The summed E-state index contributed by atoms with van der Waals surface area (Å²) in [6, 6.07) is 3.90. The number of amides is 1. The lowest BCUT2D eigenvalue weighted by molar-refractivity contribution is -0.127. The number of nitrogens with zero attached hydrogens (tertiary/aromatic N) is 2. The highest BCUT2D eigenvalue weighted by Crippen LogP contribution is 2.20. The van der Waals surface area contributed by atoms with Crippen molar-refractivity contribution in [2.75, 3.05) is 13.2 Å². The van der Waals surface area contributed by atoms with Crippen LogP contribution in [0.15, 0.2) is 31.0 Å². The molecule has 1 saturated heterocycles. The number of aryl methyl sites for hydroxylation is 1. The van der Waals surface area contributed by atoms with Gasteiger partial charge in [0.1, 0.15) is 12.4 Å². The molecule has 0 radical (unpaired) electrons. The average Bonchev–Trinajstić information content (AvgIpc) is 2.85. The summed E-state index contributed by atoms with van der Waals surface area (Å²) in [5.41, 5.74) is 0.872. The average molecular weight is 246 g/mol. The van der Waals surface area contributed by atoms with Crippen LogP contribution in [0.1, 0.15) is 18.5 Å². The van der Waals surface area contributed by atoms with Crippen LogP contribution in [0.4, 0.5) is 0 Å². The highest BCUT2D eigenvalue weighted by atomic mass is 16.5. The Hall–Kier alpha value is -1.84. The lowest BCUT2D eigenvalue weighted by Crippen LogP contribution is -2.38. The normalized spacial score (nSPS) is 18.7. The van der Waals surface area contributed by atoms with Crippen LogP contribution in [0.5, 0.6) is 5.75 Å². The summed E-state index contributed by atoms with van der Waals surface area (Å²) in [5.74, 6) is 0.777. The third kappa shape index (κ3) is 2.70. The first-order chi connectivity index (χ1) is 8.72. The summed E-state index contributed by atoms with van der Waals surface area (Å²) in [6.45, 7) is 6.76. The molecule has 1 aromatic heterocycles. The Kier molecular flexibility index (Phi) is 3.97. The van der Waals surface area contributed by atoms with Gasteiger partial charge in [0.2, 0.25) is 5.91 Å². The van der Waals surface area contributed by atoms with Crippen molar-refractivity contribution in [2.45, 2.75) is 25.8 Å². The Bertz CT molecular complexity index is 445. The van der Waals surface area contributed by atoms with Crippen LogP contribution < -0.4 is 4.74 Å². The zero-order valence-electron chi connectivity index (χ0n) is 10.6. The molecule has 1 aromatic rings. The third-order valence-corrected chi connectivity index (χ3v) is 3.22. The van der Waals surface area contributed by atoms with Gasteiger partial charge < -0.3 is 9.64 Å². The molecule has 0 N–H and O–H groups in total. The van der Waals surface area contributed by atoms with E-state index in [4.69, 9.17) is 4.74 Å². The van der Waals surface area contributed by atoms with E-state index in [-0.39, 0.29) is 11.9 Å². The van der Waals surface area contributed by atoms with E-state index < -0.39 is 0 Å². The zero-order chi connectivity index (χ0) is 13.0. The van der Waals surface area contributed by atoms with Crippen LogP contribution in [0, 0.1) is 6.92 Å². The fourth-order valence-electron chi connectivity index (χ4n) is 2.22. The molecule has 0 aliphatic carbocycles. The minimum absolute atomic E-state index is 0.0102. The molecule has 2 heterocycles. The summed E-state index contributed by atoms with van der Waals surface area (Å²) in [4.78, 5) is 17.6. The molecule has 0 saturated carbocycles. The van der Waals surface area contributed by atoms with Crippen LogP contribution in [0.25, 0.3) is 0 Å². The summed E-state index contributed by atoms with van der Waals surface area (Å²) in [6.07, 6.45) is 5.12. The Morgan fingerprint density at radius 1 is 1.72 bits per heavy atom. The molecule has 0 bridgehead atoms. The van der Waals surface area contributed by atoms with Crippen molar-refractivity contribution < 1.29 is 9.53 Å². The number of likely N-dealkylation sites (tertiary alicyclic amines) is 1. The number of carbonyl (C=O) groups excluding carboxylic acids is 1. The fourth-order valence-corrected chi connectivity index (χ4v) is 2.22. The van der Waals surface area contributed by atoms with E-state index in [1.165, 1.54) is 6.08 Å². The minimum Gasteiger partial charge on any atom is -0.490 e. The van der Waals surface area contributed by atoms with Crippen molar-refractivity contribution in [3.63, 3.8) is 0 Å². The molecule has 1 aliphatic heterocycles. The molecule has 2 rings (SSSR count). The van der Waals surface area contributed by atoms with E-state index in [0.29, 0.717) is 6.61 Å². The molecule has 0 unspecified atom stereocenters. The molecule has 96 valence electrons. The Labute approximate surface area is 107 Å². The fraction of sp³-hybridized carbons (Fsp3) is 0.429. The van der Waals surface area contributed by atoms with Gasteiger partial charge in [0.15, 0.2) is 0 Å². The molecular formula is C14H18N2O2. The second-order valence-electron chi connectivity index (χ2n) is 4.43. The number of aromatic nitrogens is 1. The molecule has 1 fully saturated rings. The van der Waals surface area contributed by atoms with Crippen molar-refractivity contribution in [1.29, 1.82) is 0 Å². The molecule has 18 heavy (non-hydrogen) atoms. The van der Waals surface area contributed by atoms with Crippen molar-refractivity contribution in [2.24, 2.45) is 0 Å². The maximum atomic E-state index is 11.6. The summed E-state index contributed by atoms with van der Waals surface area (Å²) < 4.78 is 5.75. The van der Waals surface area contributed by atoms with Gasteiger partial charge in [-0.15, -0.1) is 0 Å². The molecule has 0 spiro atoms. The van der Waals surface area contributed by atoms with Crippen LogP contribution in [-0.2, 0) is 4.79 Å². The summed E-state index contributed by atoms with van der Waals surface area (Å²) >= 11 is 0. The first kappa shape index (κ1) is 12.6. The molecule has 0 aromatic carbocycles. The number of ether oxygens (including phenoxy) is 1. The Morgan fingerprint density at radius 3 is 3.28 bits per heavy atom. The maximum absolute atomic E-state index is 11.6. The standard InChI is InChI=1S/C14H18N2O2/c1-3-14(17)16-9-5-6-12(16)10-18-13-7-4-8-15-11(13)2/h3-4,7-8,12H,1,5-6,9-10H2,2H3/t12-/m0/s1. The van der Waals surface area contributed by atoms with Gasteiger partial charge in [0.05, 0.1) is 11.7 Å². The van der Waals surface area contributed by atoms with E-state index >= 15 is 0 Å². The van der Waals surface area contributed by atoms with Gasteiger partial charge in [-0.2, -0.15) is 0 Å².